The van der Waals surface area contributed by atoms with Crippen LogP contribution in [0.5, 0.6) is 0 Å². The Morgan fingerprint density at radius 2 is 1.20 bits per heavy atom. The monoisotopic (exact) mass is 386 g/mol. The van der Waals surface area contributed by atoms with Gasteiger partial charge in [-0.3, -0.25) is 9.35 Å². The highest BCUT2D eigenvalue weighted by molar-refractivity contribution is 7.85. The Labute approximate surface area is 149 Å². The van der Waals surface area contributed by atoms with Crippen LogP contribution in [0.2, 0.25) is 0 Å². The average molecular weight is 386 g/mol. The zero-order chi connectivity index (χ0) is 19.2. The van der Waals surface area contributed by atoms with Gasteiger partial charge in [0, 0.05) is 0 Å². The molecule has 0 aliphatic heterocycles. The Kier molecular flexibility index (Phi) is 13.0. The molecule has 0 radical (unpaired) electrons. The Hall–Kier alpha value is -0.780. The molecule has 0 amide bonds. The summed E-state index contributed by atoms with van der Waals surface area (Å²) in [6, 6.07) is 0. The van der Waals surface area contributed by atoms with E-state index in [4.69, 9.17) is 28.2 Å². The van der Waals surface area contributed by atoms with Crippen molar-refractivity contribution in [2.45, 2.75) is 32.8 Å². The SMILES string of the molecule is CC(C)(C)OC(=O)CCOCCOCCOCCOCCS(=O)(=O)O. The summed E-state index contributed by atoms with van der Waals surface area (Å²) in [4.78, 5) is 11.4. The van der Waals surface area contributed by atoms with E-state index in [2.05, 4.69) is 0 Å². The lowest BCUT2D eigenvalue weighted by atomic mass is 10.2. The summed E-state index contributed by atoms with van der Waals surface area (Å²) in [5.41, 5.74) is -0.484. The molecule has 10 heteroatoms. The Balaban J connectivity index is 3.23. The highest BCUT2D eigenvalue weighted by Gasteiger charge is 2.15. The molecule has 1 N–H and O–H groups in total. The highest BCUT2D eigenvalue weighted by Crippen LogP contribution is 2.07. The summed E-state index contributed by atoms with van der Waals surface area (Å²) in [7, 11) is -3.98. The van der Waals surface area contributed by atoms with Gasteiger partial charge in [-0.05, 0) is 20.8 Å². The lowest BCUT2D eigenvalue weighted by molar-refractivity contribution is -0.156. The van der Waals surface area contributed by atoms with Crippen LogP contribution in [-0.2, 0) is 38.6 Å². The van der Waals surface area contributed by atoms with Crippen molar-refractivity contribution in [1.29, 1.82) is 0 Å². The molecule has 0 unspecified atom stereocenters. The predicted molar refractivity (Wildman–Crippen MR) is 90.2 cm³/mol. The molecule has 150 valence electrons. The van der Waals surface area contributed by atoms with Crippen molar-refractivity contribution in [2.75, 3.05) is 58.6 Å². The van der Waals surface area contributed by atoms with Gasteiger partial charge in [0.05, 0.1) is 65.0 Å². The number of hydrogen-bond acceptors (Lipinski definition) is 8. The van der Waals surface area contributed by atoms with Crippen LogP contribution < -0.4 is 0 Å². The molecule has 0 rings (SSSR count). The third-order valence-electron chi connectivity index (χ3n) is 2.47. The molecule has 0 aliphatic rings. The molecule has 0 heterocycles. The minimum absolute atomic E-state index is 0.0701. The van der Waals surface area contributed by atoms with Crippen LogP contribution >= 0.6 is 0 Å². The molecule has 0 aromatic carbocycles. The Bertz CT molecular complexity index is 442. The van der Waals surface area contributed by atoms with Crippen LogP contribution in [0.4, 0.5) is 0 Å². The molecule has 9 nitrogen and oxygen atoms in total. The molecule has 0 aromatic rings. The molecular formula is C15H30O9S. The normalized spacial score (nSPS) is 12.3. The van der Waals surface area contributed by atoms with Gasteiger partial charge in [-0.15, -0.1) is 0 Å². The van der Waals surface area contributed by atoms with E-state index in [1.54, 1.807) is 0 Å². The fourth-order valence-electron chi connectivity index (χ4n) is 1.47. The molecule has 0 aromatic heterocycles. The molecule has 0 saturated heterocycles. The van der Waals surface area contributed by atoms with Crippen molar-refractivity contribution in [3.05, 3.63) is 0 Å². The number of ether oxygens (including phenoxy) is 5. The van der Waals surface area contributed by atoms with Gasteiger partial charge in [-0.2, -0.15) is 8.42 Å². The first kappa shape index (κ1) is 24.2. The van der Waals surface area contributed by atoms with E-state index in [0.717, 1.165) is 0 Å². The molecule has 0 atom stereocenters. The van der Waals surface area contributed by atoms with Crippen LogP contribution in [0, 0.1) is 0 Å². The zero-order valence-electron chi connectivity index (χ0n) is 15.2. The zero-order valence-corrected chi connectivity index (χ0v) is 16.0. The minimum Gasteiger partial charge on any atom is -0.460 e. The van der Waals surface area contributed by atoms with Crippen LogP contribution in [0.15, 0.2) is 0 Å². The quantitative estimate of drug-likeness (QED) is 0.246. The van der Waals surface area contributed by atoms with Crippen molar-refractivity contribution in [1.82, 2.24) is 0 Å². The fraction of sp³-hybridized carbons (Fsp3) is 0.933. The Morgan fingerprint density at radius 3 is 1.60 bits per heavy atom. The maximum atomic E-state index is 11.4. The molecule has 25 heavy (non-hydrogen) atoms. The topological polar surface area (TPSA) is 118 Å². The van der Waals surface area contributed by atoms with Crippen molar-refractivity contribution >= 4 is 16.1 Å². The maximum Gasteiger partial charge on any atom is 0.308 e. The first-order valence-electron chi connectivity index (χ1n) is 8.08. The van der Waals surface area contributed by atoms with Gasteiger partial charge in [0.15, 0.2) is 0 Å². The highest BCUT2D eigenvalue weighted by atomic mass is 32.2. The van der Waals surface area contributed by atoms with Crippen LogP contribution in [0.1, 0.15) is 27.2 Å². The standard InChI is InChI=1S/C15H30O9S/c1-15(2,3)24-14(16)4-5-20-6-7-21-8-9-22-10-11-23-12-13-25(17,18)19/h4-13H2,1-3H3,(H,17,18,19). The minimum atomic E-state index is -3.98. The second-order valence-electron chi connectivity index (χ2n) is 6.07. The summed E-state index contributed by atoms with van der Waals surface area (Å²) < 4.78 is 55.2. The van der Waals surface area contributed by atoms with Crippen LogP contribution in [0.3, 0.4) is 0 Å². The largest absolute Gasteiger partial charge is 0.460 e. The van der Waals surface area contributed by atoms with E-state index in [-0.39, 0.29) is 32.2 Å². The van der Waals surface area contributed by atoms with E-state index in [1.165, 1.54) is 0 Å². The van der Waals surface area contributed by atoms with Gasteiger partial charge in [0.25, 0.3) is 10.1 Å². The molecule has 0 fully saturated rings. The molecule has 0 saturated carbocycles. The number of esters is 1. The van der Waals surface area contributed by atoms with Gasteiger partial charge in [0.1, 0.15) is 5.60 Å². The van der Waals surface area contributed by atoms with Gasteiger partial charge < -0.3 is 23.7 Å². The van der Waals surface area contributed by atoms with E-state index < -0.39 is 21.5 Å². The third kappa shape index (κ3) is 21.2. The van der Waals surface area contributed by atoms with Gasteiger partial charge >= 0.3 is 5.97 Å². The lowest BCUT2D eigenvalue weighted by Gasteiger charge is -2.19. The smallest absolute Gasteiger partial charge is 0.308 e. The van der Waals surface area contributed by atoms with Crippen molar-refractivity contribution in [2.24, 2.45) is 0 Å². The van der Waals surface area contributed by atoms with Crippen LogP contribution in [0.25, 0.3) is 0 Å². The lowest BCUT2D eigenvalue weighted by Crippen LogP contribution is -2.24. The first-order valence-corrected chi connectivity index (χ1v) is 9.69. The number of rotatable bonds is 15. The van der Waals surface area contributed by atoms with E-state index >= 15 is 0 Å². The molecule has 0 aliphatic carbocycles. The van der Waals surface area contributed by atoms with Crippen LogP contribution in [-0.4, -0.2) is 83.1 Å². The predicted octanol–water partition coefficient (Wildman–Crippen LogP) is 0.672. The van der Waals surface area contributed by atoms with Gasteiger partial charge in [0.2, 0.25) is 0 Å². The third-order valence-corrected chi connectivity index (χ3v) is 3.15. The van der Waals surface area contributed by atoms with E-state index in [0.29, 0.717) is 33.0 Å². The van der Waals surface area contributed by atoms with Crippen molar-refractivity contribution in [3.63, 3.8) is 0 Å². The first-order chi connectivity index (χ1) is 11.6. The Morgan fingerprint density at radius 1 is 0.800 bits per heavy atom. The summed E-state index contributed by atoms with van der Waals surface area (Å²) >= 11 is 0. The molecule has 0 spiro atoms. The van der Waals surface area contributed by atoms with Crippen molar-refractivity contribution in [3.8, 4) is 0 Å². The summed E-state index contributed by atoms with van der Waals surface area (Å²) in [6.45, 7) is 7.73. The molecule has 0 bridgehead atoms. The summed E-state index contributed by atoms with van der Waals surface area (Å²) in [5, 5.41) is 0. The van der Waals surface area contributed by atoms with Gasteiger partial charge in [-0.25, -0.2) is 0 Å². The van der Waals surface area contributed by atoms with Gasteiger partial charge in [-0.1, -0.05) is 0 Å². The summed E-state index contributed by atoms with van der Waals surface area (Å²) in [6.07, 6.45) is 0.206. The van der Waals surface area contributed by atoms with E-state index in [9.17, 15) is 13.2 Å². The number of carbonyl (C=O) groups excluding carboxylic acids is 1. The fourth-order valence-corrected chi connectivity index (χ4v) is 1.80. The van der Waals surface area contributed by atoms with Crippen molar-refractivity contribution < 1.29 is 41.4 Å². The second kappa shape index (κ2) is 13.4. The number of carbonyl (C=O) groups is 1. The number of hydrogen-bond donors (Lipinski definition) is 1. The molecular weight excluding hydrogens is 356 g/mol. The maximum absolute atomic E-state index is 11.4. The van der Waals surface area contributed by atoms with E-state index in [1.807, 2.05) is 20.8 Å². The second-order valence-corrected chi connectivity index (χ2v) is 7.64. The average Bonchev–Trinajstić information content (AvgIpc) is 2.44. The summed E-state index contributed by atoms with van der Waals surface area (Å²) in [5.74, 6) is -0.718.